The van der Waals surface area contributed by atoms with Crippen molar-refractivity contribution >= 4 is 37.8 Å². The summed E-state index contributed by atoms with van der Waals surface area (Å²) in [5.41, 5.74) is 1.62. The van der Waals surface area contributed by atoms with Crippen LogP contribution < -0.4 is 5.32 Å². The van der Waals surface area contributed by atoms with Gasteiger partial charge in [0.15, 0.2) is 0 Å². The summed E-state index contributed by atoms with van der Waals surface area (Å²) in [7, 11) is -3.24. The van der Waals surface area contributed by atoms with Crippen molar-refractivity contribution in [3.8, 4) is 0 Å². The topological polar surface area (TPSA) is 63.2 Å². The minimum Gasteiger partial charge on any atom is -0.345 e. The van der Waals surface area contributed by atoms with E-state index in [-0.39, 0.29) is 11.7 Å². The molecule has 2 aromatic carbocycles. The first-order valence-electron chi connectivity index (χ1n) is 7.31. The largest absolute Gasteiger partial charge is 0.345 e. The molecule has 0 spiro atoms. The number of amides is 1. The minimum absolute atomic E-state index is 0.147. The average Bonchev–Trinajstić information content (AvgIpc) is 2.53. The van der Waals surface area contributed by atoms with Gasteiger partial charge in [-0.2, -0.15) is 0 Å². The molecule has 0 aliphatic rings. The van der Waals surface area contributed by atoms with Gasteiger partial charge >= 0.3 is 0 Å². The molecule has 0 aromatic heterocycles. The third-order valence-corrected chi connectivity index (χ3v) is 4.97. The zero-order chi connectivity index (χ0) is 17.6. The number of hydrogen-bond donors (Lipinski definition) is 1. The number of nitrogens with one attached hydrogen (secondary N) is 1. The van der Waals surface area contributed by atoms with Crippen molar-refractivity contribution in [2.45, 2.75) is 6.04 Å². The Labute approximate surface area is 150 Å². The van der Waals surface area contributed by atoms with Crippen LogP contribution >= 0.6 is 15.9 Å². The number of benzene rings is 2. The van der Waals surface area contributed by atoms with Crippen LogP contribution in [0.15, 0.2) is 65.1 Å². The number of halogens is 1. The van der Waals surface area contributed by atoms with Crippen molar-refractivity contribution < 1.29 is 13.2 Å². The maximum atomic E-state index is 12.2. The highest BCUT2D eigenvalue weighted by Crippen LogP contribution is 2.18. The van der Waals surface area contributed by atoms with Gasteiger partial charge in [0, 0.05) is 16.8 Å². The lowest BCUT2D eigenvalue weighted by molar-refractivity contribution is -0.117. The van der Waals surface area contributed by atoms with Crippen LogP contribution in [0.3, 0.4) is 0 Å². The quantitative estimate of drug-likeness (QED) is 0.746. The second-order valence-corrected chi connectivity index (χ2v) is 8.46. The van der Waals surface area contributed by atoms with Crippen LogP contribution in [0.4, 0.5) is 0 Å². The molecule has 1 amide bonds. The maximum Gasteiger partial charge on any atom is 0.244 e. The monoisotopic (exact) mass is 407 g/mol. The van der Waals surface area contributed by atoms with E-state index in [4.69, 9.17) is 0 Å². The summed E-state index contributed by atoms with van der Waals surface area (Å²) in [5, 5.41) is 2.76. The zero-order valence-electron chi connectivity index (χ0n) is 13.1. The molecule has 1 unspecified atom stereocenters. The van der Waals surface area contributed by atoms with Gasteiger partial charge in [-0.3, -0.25) is 4.79 Å². The summed E-state index contributed by atoms with van der Waals surface area (Å²) in [6.07, 6.45) is 4.24. The Morgan fingerprint density at radius 3 is 2.38 bits per heavy atom. The van der Waals surface area contributed by atoms with Crippen LogP contribution in [0.2, 0.25) is 0 Å². The van der Waals surface area contributed by atoms with Crippen LogP contribution in [0.1, 0.15) is 17.2 Å². The molecule has 2 rings (SSSR count). The molecule has 1 N–H and O–H groups in total. The van der Waals surface area contributed by atoms with Crippen molar-refractivity contribution in [3.63, 3.8) is 0 Å². The van der Waals surface area contributed by atoms with E-state index in [0.29, 0.717) is 0 Å². The first-order valence-corrected chi connectivity index (χ1v) is 10.2. The number of rotatable bonds is 6. The van der Waals surface area contributed by atoms with Gasteiger partial charge in [0.2, 0.25) is 5.91 Å². The van der Waals surface area contributed by atoms with Gasteiger partial charge in [0.05, 0.1) is 11.8 Å². The van der Waals surface area contributed by atoms with Gasteiger partial charge in [-0.25, -0.2) is 8.42 Å². The van der Waals surface area contributed by atoms with E-state index >= 15 is 0 Å². The Bertz CT molecular complexity index is 832. The van der Waals surface area contributed by atoms with E-state index in [0.717, 1.165) is 21.9 Å². The molecule has 1 atom stereocenters. The molecule has 24 heavy (non-hydrogen) atoms. The molecular formula is C18H18BrNO3S. The molecule has 0 aliphatic carbocycles. The van der Waals surface area contributed by atoms with Gasteiger partial charge in [0.25, 0.3) is 0 Å². The van der Waals surface area contributed by atoms with Crippen molar-refractivity contribution in [2.75, 3.05) is 12.0 Å². The van der Waals surface area contributed by atoms with Crippen LogP contribution in [-0.4, -0.2) is 26.3 Å². The third kappa shape index (κ3) is 5.94. The maximum absolute atomic E-state index is 12.2. The van der Waals surface area contributed by atoms with Gasteiger partial charge in [-0.05, 0) is 23.3 Å². The van der Waals surface area contributed by atoms with E-state index < -0.39 is 15.9 Å². The summed E-state index contributed by atoms with van der Waals surface area (Å²) < 4.78 is 24.2. The fourth-order valence-corrected chi connectivity index (χ4v) is 3.50. The Morgan fingerprint density at radius 2 is 1.75 bits per heavy atom. The zero-order valence-corrected chi connectivity index (χ0v) is 15.5. The van der Waals surface area contributed by atoms with Crippen molar-refractivity contribution in [1.82, 2.24) is 5.32 Å². The van der Waals surface area contributed by atoms with Crippen molar-refractivity contribution in [2.24, 2.45) is 0 Å². The lowest BCUT2D eigenvalue weighted by atomic mass is 10.1. The normalized spacial score (nSPS) is 12.9. The molecule has 0 aliphatic heterocycles. The highest BCUT2D eigenvalue weighted by molar-refractivity contribution is 9.10. The van der Waals surface area contributed by atoms with Gasteiger partial charge < -0.3 is 5.32 Å². The molecule has 2 aromatic rings. The predicted molar refractivity (Wildman–Crippen MR) is 100 cm³/mol. The Hall–Kier alpha value is -1.92. The van der Waals surface area contributed by atoms with E-state index in [2.05, 4.69) is 21.2 Å². The number of carbonyl (C=O) groups excluding carboxylic acids is 1. The lowest BCUT2D eigenvalue weighted by Gasteiger charge is -2.17. The highest BCUT2D eigenvalue weighted by atomic mass is 79.9. The third-order valence-electron chi connectivity index (χ3n) is 3.31. The summed E-state index contributed by atoms with van der Waals surface area (Å²) in [5.74, 6) is -0.491. The Kier molecular flexibility index (Phi) is 6.34. The molecule has 0 saturated heterocycles. The van der Waals surface area contributed by atoms with Crippen LogP contribution in [-0.2, 0) is 14.6 Å². The van der Waals surface area contributed by atoms with E-state index in [1.54, 1.807) is 18.2 Å². The number of sulfone groups is 1. The molecule has 0 fully saturated rings. The first kappa shape index (κ1) is 18.4. The van der Waals surface area contributed by atoms with Crippen molar-refractivity contribution in [1.29, 1.82) is 0 Å². The standard InChI is InChI=1S/C18H18BrNO3S/c1-24(22,23)13-17(15-8-3-2-4-9-15)20-18(21)12-11-14-7-5-6-10-16(14)19/h2-12,17H,13H2,1H3,(H,20,21). The molecule has 0 heterocycles. The van der Waals surface area contributed by atoms with E-state index in [1.807, 2.05) is 42.5 Å². The summed E-state index contributed by atoms with van der Waals surface area (Å²) in [6, 6.07) is 16.0. The molecule has 4 nitrogen and oxygen atoms in total. The minimum atomic E-state index is -3.24. The van der Waals surface area contributed by atoms with E-state index in [9.17, 15) is 13.2 Å². The Balaban J connectivity index is 2.14. The molecule has 126 valence electrons. The predicted octanol–water partition coefficient (Wildman–Crippen LogP) is 3.36. The Morgan fingerprint density at radius 1 is 1.12 bits per heavy atom. The molecule has 0 saturated carbocycles. The highest BCUT2D eigenvalue weighted by Gasteiger charge is 2.18. The van der Waals surface area contributed by atoms with Crippen LogP contribution in [0, 0.1) is 0 Å². The SMILES string of the molecule is CS(=O)(=O)CC(NC(=O)C=Cc1ccccc1Br)c1ccccc1. The van der Waals surface area contributed by atoms with Gasteiger partial charge in [0.1, 0.15) is 9.84 Å². The fraction of sp³-hybridized carbons (Fsp3) is 0.167. The van der Waals surface area contributed by atoms with Crippen LogP contribution in [0.25, 0.3) is 6.08 Å². The average molecular weight is 408 g/mol. The second-order valence-electron chi connectivity index (χ2n) is 5.42. The fourth-order valence-electron chi connectivity index (χ4n) is 2.20. The first-order chi connectivity index (χ1) is 11.3. The van der Waals surface area contributed by atoms with Crippen LogP contribution in [0.5, 0.6) is 0 Å². The van der Waals surface area contributed by atoms with E-state index in [1.165, 1.54) is 6.08 Å². The smallest absolute Gasteiger partial charge is 0.244 e. The summed E-state index contributed by atoms with van der Waals surface area (Å²) in [4.78, 5) is 12.2. The van der Waals surface area contributed by atoms with Gasteiger partial charge in [-0.15, -0.1) is 0 Å². The second kappa shape index (κ2) is 8.26. The van der Waals surface area contributed by atoms with Gasteiger partial charge in [-0.1, -0.05) is 64.5 Å². The number of hydrogen-bond acceptors (Lipinski definition) is 3. The summed E-state index contributed by atoms with van der Waals surface area (Å²) in [6.45, 7) is 0. The summed E-state index contributed by atoms with van der Waals surface area (Å²) >= 11 is 3.41. The lowest BCUT2D eigenvalue weighted by Crippen LogP contribution is -2.31. The van der Waals surface area contributed by atoms with Crippen molar-refractivity contribution in [3.05, 3.63) is 76.3 Å². The number of carbonyl (C=O) groups is 1. The molecule has 6 heteroatoms. The molecule has 0 bridgehead atoms. The molecular weight excluding hydrogens is 390 g/mol. The molecule has 0 radical (unpaired) electrons.